The summed E-state index contributed by atoms with van der Waals surface area (Å²) in [5, 5.41) is 10.9. The lowest BCUT2D eigenvalue weighted by molar-refractivity contribution is 0.270. The summed E-state index contributed by atoms with van der Waals surface area (Å²) in [5.41, 5.74) is 1.08. The second-order valence-electron chi connectivity index (χ2n) is 4.30. The Morgan fingerprint density at radius 1 is 1.32 bits per heavy atom. The van der Waals surface area contributed by atoms with Gasteiger partial charge in [-0.15, -0.1) is 11.3 Å². The van der Waals surface area contributed by atoms with Crippen LogP contribution in [0, 0.1) is 17.1 Å². The maximum absolute atomic E-state index is 13.7. The summed E-state index contributed by atoms with van der Waals surface area (Å²) in [7, 11) is 0. The van der Waals surface area contributed by atoms with Gasteiger partial charge in [-0.1, -0.05) is 13.0 Å². The maximum atomic E-state index is 13.7. The third-order valence-corrected chi connectivity index (χ3v) is 3.84. The molecule has 0 aliphatic carbocycles. The molecule has 4 heteroatoms. The van der Waals surface area contributed by atoms with Crippen molar-refractivity contribution in [1.29, 1.82) is 5.26 Å². The van der Waals surface area contributed by atoms with E-state index in [1.165, 1.54) is 17.0 Å². The van der Waals surface area contributed by atoms with Crippen molar-refractivity contribution in [2.75, 3.05) is 6.54 Å². The van der Waals surface area contributed by atoms with Crippen LogP contribution in [0.2, 0.25) is 0 Å². The largest absolute Gasteiger partial charge is 0.294 e. The van der Waals surface area contributed by atoms with Crippen molar-refractivity contribution in [3.63, 3.8) is 0 Å². The van der Waals surface area contributed by atoms with Crippen LogP contribution >= 0.6 is 11.3 Å². The second-order valence-corrected chi connectivity index (χ2v) is 5.33. The number of nitriles is 1. The summed E-state index contributed by atoms with van der Waals surface area (Å²) < 4.78 is 13.7. The highest BCUT2D eigenvalue weighted by Gasteiger charge is 2.10. The first kappa shape index (κ1) is 13.7. The zero-order valence-corrected chi connectivity index (χ0v) is 11.6. The van der Waals surface area contributed by atoms with Gasteiger partial charge in [0.05, 0.1) is 11.6 Å². The van der Waals surface area contributed by atoms with Gasteiger partial charge in [0.1, 0.15) is 5.82 Å². The van der Waals surface area contributed by atoms with Crippen LogP contribution in [0.5, 0.6) is 0 Å². The number of hydrogen-bond donors (Lipinski definition) is 0. The fourth-order valence-electron chi connectivity index (χ4n) is 1.91. The highest BCUT2D eigenvalue weighted by molar-refractivity contribution is 7.09. The fourth-order valence-corrected chi connectivity index (χ4v) is 2.65. The molecule has 19 heavy (non-hydrogen) atoms. The molecular weight excluding hydrogens is 259 g/mol. The molecule has 98 valence electrons. The summed E-state index contributed by atoms with van der Waals surface area (Å²) >= 11 is 1.70. The predicted molar refractivity (Wildman–Crippen MR) is 75.2 cm³/mol. The molecule has 2 aromatic rings. The lowest BCUT2D eigenvalue weighted by Gasteiger charge is -2.20. The molecule has 0 atom stereocenters. The summed E-state index contributed by atoms with van der Waals surface area (Å²) in [6.07, 6.45) is 0. The van der Waals surface area contributed by atoms with E-state index < -0.39 is 0 Å². The van der Waals surface area contributed by atoms with Gasteiger partial charge in [0, 0.05) is 23.5 Å². The van der Waals surface area contributed by atoms with Crippen molar-refractivity contribution < 1.29 is 4.39 Å². The highest BCUT2D eigenvalue weighted by Crippen LogP contribution is 2.16. The van der Waals surface area contributed by atoms with Gasteiger partial charge in [-0.3, -0.25) is 4.90 Å². The zero-order chi connectivity index (χ0) is 13.7. The highest BCUT2D eigenvalue weighted by atomic mass is 32.1. The van der Waals surface area contributed by atoms with Gasteiger partial charge in [-0.25, -0.2) is 4.39 Å². The second kappa shape index (κ2) is 6.46. The molecule has 0 aliphatic heterocycles. The molecule has 0 radical (unpaired) electrons. The Kier molecular flexibility index (Phi) is 4.67. The molecule has 0 saturated carbocycles. The molecule has 1 aromatic heterocycles. The van der Waals surface area contributed by atoms with Crippen LogP contribution in [0.25, 0.3) is 0 Å². The molecule has 0 saturated heterocycles. The van der Waals surface area contributed by atoms with Crippen molar-refractivity contribution in [3.05, 3.63) is 57.5 Å². The minimum Gasteiger partial charge on any atom is -0.294 e. The SMILES string of the molecule is CCN(Cc1cccs1)Cc1cc(C#N)ccc1F. The Bertz CT molecular complexity index is 572. The van der Waals surface area contributed by atoms with E-state index in [0.29, 0.717) is 17.7 Å². The third kappa shape index (κ3) is 3.63. The van der Waals surface area contributed by atoms with E-state index in [1.54, 1.807) is 17.4 Å². The molecule has 2 rings (SSSR count). The van der Waals surface area contributed by atoms with E-state index >= 15 is 0 Å². The van der Waals surface area contributed by atoms with Crippen molar-refractivity contribution in [1.82, 2.24) is 4.90 Å². The average Bonchev–Trinajstić information content (AvgIpc) is 2.93. The quantitative estimate of drug-likeness (QED) is 0.829. The van der Waals surface area contributed by atoms with Crippen molar-refractivity contribution >= 4 is 11.3 Å². The summed E-state index contributed by atoms with van der Waals surface area (Å²) in [6, 6.07) is 10.7. The Balaban J connectivity index is 2.12. The standard InChI is InChI=1S/C15H15FN2S/c1-2-18(11-14-4-3-7-19-14)10-13-8-12(9-17)5-6-15(13)16/h3-8H,2,10-11H2,1H3. The number of nitrogens with zero attached hydrogens (tertiary/aromatic N) is 2. The van der Waals surface area contributed by atoms with Crippen LogP contribution in [0.4, 0.5) is 4.39 Å². The fraction of sp³-hybridized carbons (Fsp3) is 0.267. The summed E-state index contributed by atoms with van der Waals surface area (Å²) in [5.74, 6) is -0.247. The lowest BCUT2D eigenvalue weighted by atomic mass is 10.1. The Morgan fingerprint density at radius 3 is 2.79 bits per heavy atom. The van der Waals surface area contributed by atoms with Gasteiger partial charge >= 0.3 is 0 Å². The number of halogens is 1. The molecule has 0 aliphatic rings. The molecule has 0 fully saturated rings. The number of benzene rings is 1. The van der Waals surface area contributed by atoms with Crippen molar-refractivity contribution in [2.45, 2.75) is 20.0 Å². The number of hydrogen-bond acceptors (Lipinski definition) is 3. The van der Waals surface area contributed by atoms with E-state index in [-0.39, 0.29) is 5.82 Å². The maximum Gasteiger partial charge on any atom is 0.127 e. The first-order chi connectivity index (χ1) is 9.22. The van der Waals surface area contributed by atoms with E-state index in [9.17, 15) is 4.39 Å². The van der Waals surface area contributed by atoms with Crippen LogP contribution in [0.1, 0.15) is 22.9 Å². The molecule has 1 aromatic carbocycles. The first-order valence-electron chi connectivity index (χ1n) is 6.16. The summed E-state index contributed by atoms with van der Waals surface area (Å²) in [4.78, 5) is 3.42. The monoisotopic (exact) mass is 274 g/mol. The van der Waals surface area contributed by atoms with Crippen molar-refractivity contribution in [2.24, 2.45) is 0 Å². The van der Waals surface area contributed by atoms with Crippen LogP contribution in [0.3, 0.4) is 0 Å². The molecule has 1 heterocycles. The van der Waals surface area contributed by atoms with E-state index in [0.717, 1.165) is 13.1 Å². The van der Waals surface area contributed by atoms with Gasteiger partial charge in [0.25, 0.3) is 0 Å². The smallest absolute Gasteiger partial charge is 0.127 e. The number of rotatable bonds is 5. The minimum atomic E-state index is -0.247. The molecule has 0 amide bonds. The molecule has 2 nitrogen and oxygen atoms in total. The Labute approximate surface area is 116 Å². The van der Waals surface area contributed by atoms with E-state index in [4.69, 9.17) is 5.26 Å². The van der Waals surface area contributed by atoms with Gasteiger partial charge in [-0.05, 0) is 36.2 Å². The Hall–Kier alpha value is -1.70. The zero-order valence-electron chi connectivity index (χ0n) is 10.8. The Morgan fingerprint density at radius 2 is 2.16 bits per heavy atom. The van der Waals surface area contributed by atoms with Crippen LogP contribution < -0.4 is 0 Å². The van der Waals surface area contributed by atoms with Crippen molar-refractivity contribution in [3.8, 4) is 6.07 Å². The topological polar surface area (TPSA) is 27.0 Å². The average molecular weight is 274 g/mol. The van der Waals surface area contributed by atoms with Crippen LogP contribution in [-0.2, 0) is 13.1 Å². The molecule has 0 N–H and O–H groups in total. The van der Waals surface area contributed by atoms with Gasteiger partial charge in [0.2, 0.25) is 0 Å². The summed E-state index contributed by atoms with van der Waals surface area (Å²) in [6.45, 7) is 4.23. The molecule has 0 spiro atoms. The van der Waals surface area contributed by atoms with Crippen LogP contribution in [-0.4, -0.2) is 11.4 Å². The van der Waals surface area contributed by atoms with Gasteiger partial charge in [-0.2, -0.15) is 5.26 Å². The molecule has 0 unspecified atom stereocenters. The third-order valence-electron chi connectivity index (χ3n) is 2.98. The lowest BCUT2D eigenvalue weighted by Crippen LogP contribution is -2.22. The van der Waals surface area contributed by atoms with E-state index in [1.807, 2.05) is 17.5 Å². The van der Waals surface area contributed by atoms with E-state index in [2.05, 4.69) is 17.9 Å². The molecule has 0 bridgehead atoms. The normalized spacial score (nSPS) is 10.6. The van der Waals surface area contributed by atoms with Crippen LogP contribution in [0.15, 0.2) is 35.7 Å². The predicted octanol–water partition coefficient (Wildman–Crippen LogP) is 3.78. The minimum absolute atomic E-state index is 0.247. The molecular formula is C15H15FN2S. The number of thiophene rings is 1. The first-order valence-corrected chi connectivity index (χ1v) is 7.04. The van der Waals surface area contributed by atoms with Gasteiger partial charge < -0.3 is 0 Å². The van der Waals surface area contributed by atoms with Gasteiger partial charge in [0.15, 0.2) is 0 Å².